The molecule has 5 heteroatoms. The van der Waals surface area contributed by atoms with Crippen LogP contribution >= 0.6 is 0 Å². The molecule has 2 fully saturated rings. The van der Waals surface area contributed by atoms with Gasteiger partial charge in [0.1, 0.15) is 0 Å². The standard InChI is InChI=1S/C22H34N2O3/c1-3-27-20-11-10-19(16-21(20)26-2)22(25)24-13-7-12-23(14-15-24)17-18-8-5-4-6-9-18/h10-11,16,18H,3-9,12-15,17H2,1-2H3. The van der Waals surface area contributed by atoms with Crippen molar-refractivity contribution >= 4 is 5.91 Å². The zero-order valence-electron chi connectivity index (χ0n) is 16.9. The van der Waals surface area contributed by atoms with E-state index in [1.54, 1.807) is 13.2 Å². The Morgan fingerprint density at radius 2 is 1.85 bits per heavy atom. The normalized spacial score (nSPS) is 19.6. The molecular formula is C22H34N2O3. The van der Waals surface area contributed by atoms with Crippen molar-refractivity contribution in [1.29, 1.82) is 0 Å². The van der Waals surface area contributed by atoms with Crippen LogP contribution in [0.25, 0.3) is 0 Å². The molecule has 1 amide bonds. The number of rotatable bonds is 6. The van der Waals surface area contributed by atoms with Crippen molar-refractivity contribution in [1.82, 2.24) is 9.80 Å². The summed E-state index contributed by atoms with van der Waals surface area (Å²) in [7, 11) is 1.61. The van der Waals surface area contributed by atoms with E-state index in [2.05, 4.69) is 4.90 Å². The third-order valence-electron chi connectivity index (χ3n) is 5.83. The number of methoxy groups -OCH3 is 1. The van der Waals surface area contributed by atoms with E-state index in [0.717, 1.165) is 38.5 Å². The van der Waals surface area contributed by atoms with E-state index in [1.807, 2.05) is 24.0 Å². The Kier molecular flexibility index (Phi) is 7.39. The zero-order valence-corrected chi connectivity index (χ0v) is 16.9. The molecular weight excluding hydrogens is 340 g/mol. The van der Waals surface area contributed by atoms with Gasteiger partial charge in [0.25, 0.3) is 5.91 Å². The van der Waals surface area contributed by atoms with Crippen LogP contribution in [0.1, 0.15) is 55.8 Å². The average molecular weight is 375 g/mol. The summed E-state index contributed by atoms with van der Waals surface area (Å²) in [4.78, 5) is 17.6. The average Bonchev–Trinajstić information content (AvgIpc) is 2.94. The third-order valence-corrected chi connectivity index (χ3v) is 5.83. The van der Waals surface area contributed by atoms with Crippen LogP contribution in [0.3, 0.4) is 0 Å². The largest absolute Gasteiger partial charge is 0.493 e. The maximum absolute atomic E-state index is 13.0. The quantitative estimate of drug-likeness (QED) is 0.759. The van der Waals surface area contributed by atoms with E-state index in [1.165, 1.54) is 38.6 Å². The summed E-state index contributed by atoms with van der Waals surface area (Å²) >= 11 is 0. The lowest BCUT2D eigenvalue weighted by molar-refractivity contribution is 0.0759. The van der Waals surface area contributed by atoms with E-state index >= 15 is 0 Å². The molecule has 1 aliphatic carbocycles. The first-order chi connectivity index (χ1) is 13.2. The van der Waals surface area contributed by atoms with Crippen molar-refractivity contribution in [3.05, 3.63) is 23.8 Å². The Bertz CT molecular complexity index is 614. The van der Waals surface area contributed by atoms with Gasteiger partial charge in [-0.15, -0.1) is 0 Å². The Morgan fingerprint density at radius 1 is 1.04 bits per heavy atom. The monoisotopic (exact) mass is 374 g/mol. The molecule has 1 aliphatic heterocycles. The summed E-state index contributed by atoms with van der Waals surface area (Å²) in [6.07, 6.45) is 8.00. The molecule has 0 unspecified atom stereocenters. The van der Waals surface area contributed by atoms with Gasteiger partial charge in [-0.3, -0.25) is 4.79 Å². The van der Waals surface area contributed by atoms with Gasteiger partial charge in [0.05, 0.1) is 13.7 Å². The van der Waals surface area contributed by atoms with Gasteiger partial charge in [-0.05, 0) is 56.8 Å². The lowest BCUT2D eigenvalue weighted by Gasteiger charge is -2.28. The number of hydrogen-bond donors (Lipinski definition) is 0. The third kappa shape index (κ3) is 5.38. The molecule has 3 rings (SSSR count). The van der Waals surface area contributed by atoms with Crippen molar-refractivity contribution in [3.8, 4) is 11.5 Å². The summed E-state index contributed by atoms with van der Waals surface area (Å²) in [6.45, 7) is 7.44. The molecule has 0 radical (unpaired) electrons. The highest BCUT2D eigenvalue weighted by molar-refractivity contribution is 5.95. The number of amides is 1. The first-order valence-corrected chi connectivity index (χ1v) is 10.5. The molecule has 0 bridgehead atoms. The summed E-state index contributed by atoms with van der Waals surface area (Å²) in [5.41, 5.74) is 0.677. The molecule has 0 atom stereocenters. The molecule has 0 N–H and O–H groups in total. The predicted octanol–water partition coefficient (Wildman–Crippen LogP) is 3.82. The minimum absolute atomic E-state index is 0.0934. The molecule has 5 nitrogen and oxygen atoms in total. The molecule has 0 aromatic heterocycles. The Morgan fingerprint density at radius 3 is 2.59 bits per heavy atom. The number of nitrogens with zero attached hydrogens (tertiary/aromatic N) is 2. The van der Waals surface area contributed by atoms with Gasteiger partial charge in [-0.1, -0.05) is 19.3 Å². The second-order valence-corrected chi connectivity index (χ2v) is 7.75. The van der Waals surface area contributed by atoms with Crippen LogP contribution in [0.15, 0.2) is 18.2 Å². The smallest absolute Gasteiger partial charge is 0.254 e. The fourth-order valence-electron chi connectivity index (χ4n) is 4.35. The summed E-state index contributed by atoms with van der Waals surface area (Å²) in [5, 5.41) is 0. The molecule has 1 saturated carbocycles. The Hall–Kier alpha value is -1.75. The highest BCUT2D eigenvalue weighted by atomic mass is 16.5. The number of benzene rings is 1. The molecule has 1 saturated heterocycles. The zero-order chi connectivity index (χ0) is 19.1. The van der Waals surface area contributed by atoms with Gasteiger partial charge in [0.2, 0.25) is 0 Å². The van der Waals surface area contributed by atoms with Crippen LogP contribution in [0.5, 0.6) is 11.5 Å². The maximum Gasteiger partial charge on any atom is 0.254 e. The summed E-state index contributed by atoms with van der Waals surface area (Å²) < 4.78 is 11.0. The van der Waals surface area contributed by atoms with E-state index in [0.29, 0.717) is 23.7 Å². The molecule has 2 aliphatic rings. The van der Waals surface area contributed by atoms with Gasteiger partial charge in [-0.25, -0.2) is 0 Å². The van der Waals surface area contributed by atoms with Gasteiger partial charge in [0, 0.05) is 31.7 Å². The fraction of sp³-hybridized carbons (Fsp3) is 0.682. The minimum Gasteiger partial charge on any atom is -0.493 e. The molecule has 1 heterocycles. The van der Waals surface area contributed by atoms with Crippen LogP contribution < -0.4 is 9.47 Å². The van der Waals surface area contributed by atoms with Crippen molar-refractivity contribution in [3.63, 3.8) is 0 Å². The maximum atomic E-state index is 13.0. The SMILES string of the molecule is CCOc1ccc(C(=O)N2CCCN(CC3CCCCC3)CC2)cc1OC. The summed E-state index contributed by atoms with van der Waals surface area (Å²) in [6, 6.07) is 5.49. The first kappa shape index (κ1) is 20.0. The highest BCUT2D eigenvalue weighted by Crippen LogP contribution is 2.29. The van der Waals surface area contributed by atoms with Crippen LogP contribution in [-0.2, 0) is 0 Å². The number of carbonyl (C=O) groups excluding carboxylic acids is 1. The molecule has 1 aromatic carbocycles. The van der Waals surface area contributed by atoms with Crippen LogP contribution in [0.2, 0.25) is 0 Å². The lowest BCUT2D eigenvalue weighted by Crippen LogP contribution is -2.36. The van der Waals surface area contributed by atoms with Gasteiger partial charge >= 0.3 is 0 Å². The van der Waals surface area contributed by atoms with Crippen molar-refractivity contribution < 1.29 is 14.3 Å². The predicted molar refractivity (Wildman–Crippen MR) is 108 cm³/mol. The van der Waals surface area contributed by atoms with E-state index in [-0.39, 0.29) is 5.91 Å². The highest BCUT2D eigenvalue weighted by Gasteiger charge is 2.23. The lowest BCUT2D eigenvalue weighted by atomic mass is 9.89. The number of hydrogen-bond acceptors (Lipinski definition) is 4. The molecule has 150 valence electrons. The number of carbonyl (C=O) groups is 1. The Labute approximate surface area is 163 Å². The first-order valence-electron chi connectivity index (χ1n) is 10.5. The van der Waals surface area contributed by atoms with Crippen molar-refractivity contribution in [2.45, 2.75) is 45.4 Å². The van der Waals surface area contributed by atoms with E-state index in [4.69, 9.17) is 9.47 Å². The van der Waals surface area contributed by atoms with Crippen molar-refractivity contribution in [2.24, 2.45) is 5.92 Å². The second kappa shape index (κ2) is 9.98. The van der Waals surface area contributed by atoms with Gasteiger partial charge < -0.3 is 19.3 Å². The minimum atomic E-state index is 0.0934. The van der Waals surface area contributed by atoms with E-state index in [9.17, 15) is 4.79 Å². The van der Waals surface area contributed by atoms with Crippen LogP contribution in [-0.4, -0.2) is 62.1 Å². The topological polar surface area (TPSA) is 42.0 Å². The molecule has 27 heavy (non-hydrogen) atoms. The van der Waals surface area contributed by atoms with Gasteiger partial charge in [-0.2, -0.15) is 0 Å². The number of ether oxygens (including phenoxy) is 2. The van der Waals surface area contributed by atoms with E-state index < -0.39 is 0 Å². The summed E-state index contributed by atoms with van der Waals surface area (Å²) in [5.74, 6) is 2.26. The van der Waals surface area contributed by atoms with Gasteiger partial charge in [0.15, 0.2) is 11.5 Å². The Balaban J connectivity index is 1.58. The van der Waals surface area contributed by atoms with Crippen molar-refractivity contribution in [2.75, 3.05) is 46.4 Å². The van der Waals surface area contributed by atoms with Crippen LogP contribution in [0, 0.1) is 5.92 Å². The molecule has 1 aromatic rings. The second-order valence-electron chi connectivity index (χ2n) is 7.75. The fourth-order valence-corrected chi connectivity index (χ4v) is 4.35. The van der Waals surface area contributed by atoms with Crippen LogP contribution in [0.4, 0.5) is 0 Å². The molecule has 0 spiro atoms.